The maximum absolute atomic E-state index is 5.73. The summed E-state index contributed by atoms with van der Waals surface area (Å²) in [5.41, 5.74) is 3.20. The standard InChI is InChI=1S/C23H32N2O/c1-3-5-17-26-21-13-11-20(12-14-21)23-16-15-22(24-25-23)19-9-7-18(6-4-2)8-10-19/h11-16,18-19H,3-10,17H2,1-2H3. The molecule has 3 rings (SSSR count). The van der Waals surface area contributed by atoms with Gasteiger partial charge in [-0.05, 0) is 74.4 Å². The third-order valence-corrected chi connectivity index (χ3v) is 5.56. The van der Waals surface area contributed by atoms with Crippen LogP contribution in [0.1, 0.15) is 76.8 Å². The van der Waals surface area contributed by atoms with Gasteiger partial charge in [0.05, 0.1) is 18.0 Å². The molecular formula is C23H32N2O. The lowest BCUT2D eigenvalue weighted by molar-refractivity contribution is 0.304. The maximum atomic E-state index is 5.73. The quantitative estimate of drug-likeness (QED) is 0.516. The number of ether oxygens (including phenoxy) is 1. The first-order valence-electron chi connectivity index (χ1n) is 10.4. The molecule has 1 heterocycles. The zero-order valence-corrected chi connectivity index (χ0v) is 16.3. The predicted octanol–water partition coefficient (Wildman–Crippen LogP) is 6.40. The zero-order chi connectivity index (χ0) is 18.2. The molecule has 1 saturated carbocycles. The molecule has 0 saturated heterocycles. The fourth-order valence-corrected chi connectivity index (χ4v) is 3.93. The molecule has 3 heteroatoms. The third-order valence-electron chi connectivity index (χ3n) is 5.56. The minimum absolute atomic E-state index is 0.596. The van der Waals surface area contributed by atoms with Gasteiger partial charge in [0.25, 0.3) is 0 Å². The van der Waals surface area contributed by atoms with Gasteiger partial charge in [-0.15, -0.1) is 0 Å². The zero-order valence-electron chi connectivity index (χ0n) is 16.3. The third kappa shape index (κ3) is 5.06. The molecule has 3 nitrogen and oxygen atoms in total. The van der Waals surface area contributed by atoms with E-state index in [0.29, 0.717) is 5.92 Å². The van der Waals surface area contributed by atoms with Crippen LogP contribution in [0.2, 0.25) is 0 Å². The molecule has 26 heavy (non-hydrogen) atoms. The van der Waals surface area contributed by atoms with Crippen molar-refractivity contribution in [3.05, 3.63) is 42.1 Å². The van der Waals surface area contributed by atoms with Crippen molar-refractivity contribution in [2.45, 2.75) is 71.1 Å². The number of unbranched alkanes of at least 4 members (excludes halogenated alkanes) is 1. The van der Waals surface area contributed by atoms with Crippen LogP contribution >= 0.6 is 0 Å². The van der Waals surface area contributed by atoms with Crippen LogP contribution < -0.4 is 4.74 Å². The highest BCUT2D eigenvalue weighted by molar-refractivity contribution is 5.59. The van der Waals surface area contributed by atoms with Crippen LogP contribution in [0.5, 0.6) is 5.75 Å². The Morgan fingerprint density at radius 2 is 1.65 bits per heavy atom. The molecule has 1 aromatic heterocycles. The number of hydrogen-bond acceptors (Lipinski definition) is 3. The minimum atomic E-state index is 0.596. The molecule has 2 aromatic rings. The van der Waals surface area contributed by atoms with E-state index in [0.717, 1.165) is 42.4 Å². The molecule has 0 amide bonds. The summed E-state index contributed by atoms with van der Waals surface area (Å²) in [6.45, 7) is 5.25. The first-order valence-corrected chi connectivity index (χ1v) is 10.4. The lowest BCUT2D eigenvalue weighted by Crippen LogP contribution is -2.14. The van der Waals surface area contributed by atoms with Gasteiger partial charge in [0, 0.05) is 11.5 Å². The maximum Gasteiger partial charge on any atom is 0.119 e. The lowest BCUT2D eigenvalue weighted by Gasteiger charge is -2.27. The monoisotopic (exact) mass is 352 g/mol. The average molecular weight is 353 g/mol. The van der Waals surface area contributed by atoms with Crippen molar-refractivity contribution in [2.75, 3.05) is 6.61 Å². The van der Waals surface area contributed by atoms with Crippen LogP contribution in [0.3, 0.4) is 0 Å². The summed E-state index contributed by atoms with van der Waals surface area (Å²) >= 11 is 0. The number of nitrogens with zero attached hydrogens (tertiary/aromatic N) is 2. The van der Waals surface area contributed by atoms with Crippen molar-refractivity contribution in [2.24, 2.45) is 5.92 Å². The fourth-order valence-electron chi connectivity index (χ4n) is 3.93. The Hall–Kier alpha value is -1.90. The van der Waals surface area contributed by atoms with Crippen LogP contribution in [-0.2, 0) is 0 Å². The highest BCUT2D eigenvalue weighted by Crippen LogP contribution is 2.36. The van der Waals surface area contributed by atoms with Gasteiger partial charge in [-0.25, -0.2) is 0 Å². The Morgan fingerprint density at radius 3 is 2.27 bits per heavy atom. The summed E-state index contributed by atoms with van der Waals surface area (Å²) < 4.78 is 5.73. The molecule has 0 spiro atoms. The molecule has 0 unspecified atom stereocenters. The van der Waals surface area contributed by atoms with Crippen molar-refractivity contribution in [3.8, 4) is 17.0 Å². The molecule has 0 aliphatic heterocycles. The molecule has 140 valence electrons. The number of aromatic nitrogens is 2. The van der Waals surface area contributed by atoms with Crippen molar-refractivity contribution in [3.63, 3.8) is 0 Å². The van der Waals surface area contributed by atoms with Crippen molar-refractivity contribution in [1.82, 2.24) is 10.2 Å². The van der Waals surface area contributed by atoms with Gasteiger partial charge < -0.3 is 4.74 Å². The Morgan fingerprint density at radius 1 is 0.885 bits per heavy atom. The summed E-state index contributed by atoms with van der Waals surface area (Å²) in [5, 5.41) is 9.05. The molecular weight excluding hydrogens is 320 g/mol. The van der Waals surface area contributed by atoms with Gasteiger partial charge in [0.1, 0.15) is 5.75 Å². The van der Waals surface area contributed by atoms with Crippen LogP contribution in [0.15, 0.2) is 36.4 Å². The predicted molar refractivity (Wildman–Crippen MR) is 107 cm³/mol. The normalized spacial score (nSPS) is 20.1. The highest BCUT2D eigenvalue weighted by Gasteiger charge is 2.23. The van der Waals surface area contributed by atoms with Gasteiger partial charge in [-0.1, -0.05) is 33.1 Å². The molecule has 0 radical (unpaired) electrons. The molecule has 0 atom stereocenters. The molecule has 1 fully saturated rings. The smallest absolute Gasteiger partial charge is 0.119 e. The number of rotatable bonds is 8. The van der Waals surface area contributed by atoms with Gasteiger partial charge >= 0.3 is 0 Å². The SMILES string of the molecule is CCCCOc1ccc(-c2ccc(C3CCC(CCC)CC3)nn2)cc1. The summed E-state index contributed by atoms with van der Waals surface area (Å²) in [5.74, 6) is 2.45. The van der Waals surface area contributed by atoms with Crippen molar-refractivity contribution in [1.29, 1.82) is 0 Å². The number of benzene rings is 1. The summed E-state index contributed by atoms with van der Waals surface area (Å²) in [6, 6.07) is 12.5. The van der Waals surface area contributed by atoms with Gasteiger partial charge in [0.2, 0.25) is 0 Å². The molecule has 1 aliphatic carbocycles. The van der Waals surface area contributed by atoms with Gasteiger partial charge in [-0.3, -0.25) is 0 Å². The Kier molecular flexibility index (Phi) is 7.04. The van der Waals surface area contributed by atoms with E-state index in [1.807, 2.05) is 12.1 Å². The van der Waals surface area contributed by atoms with Crippen LogP contribution in [0.25, 0.3) is 11.3 Å². The molecule has 0 N–H and O–H groups in total. The van der Waals surface area contributed by atoms with E-state index < -0.39 is 0 Å². The van der Waals surface area contributed by atoms with E-state index in [1.54, 1.807) is 0 Å². The van der Waals surface area contributed by atoms with Crippen LogP contribution in [0.4, 0.5) is 0 Å². The van der Waals surface area contributed by atoms with Crippen LogP contribution in [-0.4, -0.2) is 16.8 Å². The minimum Gasteiger partial charge on any atom is -0.494 e. The van der Waals surface area contributed by atoms with E-state index in [9.17, 15) is 0 Å². The van der Waals surface area contributed by atoms with Crippen LogP contribution in [0, 0.1) is 5.92 Å². The van der Waals surface area contributed by atoms with E-state index in [4.69, 9.17) is 4.74 Å². The van der Waals surface area contributed by atoms with E-state index in [2.05, 4.69) is 48.3 Å². The lowest BCUT2D eigenvalue weighted by atomic mass is 9.79. The molecule has 0 bridgehead atoms. The Labute approximate surface area is 158 Å². The van der Waals surface area contributed by atoms with Crippen molar-refractivity contribution < 1.29 is 4.74 Å². The average Bonchev–Trinajstić information content (AvgIpc) is 2.70. The van der Waals surface area contributed by atoms with E-state index >= 15 is 0 Å². The number of hydrogen-bond donors (Lipinski definition) is 0. The first-order chi connectivity index (χ1) is 12.8. The second kappa shape index (κ2) is 9.70. The molecule has 1 aromatic carbocycles. The Bertz CT molecular complexity index is 643. The topological polar surface area (TPSA) is 35.0 Å². The summed E-state index contributed by atoms with van der Waals surface area (Å²) in [7, 11) is 0. The van der Waals surface area contributed by atoms with Gasteiger partial charge in [-0.2, -0.15) is 10.2 Å². The fraction of sp³-hybridized carbons (Fsp3) is 0.565. The highest BCUT2D eigenvalue weighted by atomic mass is 16.5. The summed E-state index contributed by atoms with van der Waals surface area (Å²) in [6.07, 6.45) is 10.2. The largest absolute Gasteiger partial charge is 0.494 e. The first kappa shape index (κ1) is 18.9. The van der Waals surface area contributed by atoms with Gasteiger partial charge in [0.15, 0.2) is 0 Å². The summed E-state index contributed by atoms with van der Waals surface area (Å²) in [4.78, 5) is 0. The molecule has 1 aliphatic rings. The second-order valence-corrected chi connectivity index (χ2v) is 7.58. The van der Waals surface area contributed by atoms with Crippen molar-refractivity contribution >= 4 is 0 Å². The van der Waals surface area contributed by atoms with E-state index in [-0.39, 0.29) is 0 Å². The second-order valence-electron chi connectivity index (χ2n) is 7.58. The van der Waals surface area contributed by atoms with E-state index in [1.165, 1.54) is 44.2 Å². The Balaban J connectivity index is 1.57.